The van der Waals surface area contributed by atoms with E-state index < -0.39 is 5.92 Å². The average molecular weight is 282 g/mol. The summed E-state index contributed by atoms with van der Waals surface area (Å²) in [6, 6.07) is 6.94. The molecule has 2 rings (SSSR count). The molecular weight excluding hydrogens is 262 g/mol. The number of Topliss-reactive ketones (excluding diaryl/α,β-unsaturated/α-hetero) is 1. The number of halogens is 2. The number of ketones is 1. The zero-order chi connectivity index (χ0) is 14.8. The van der Waals surface area contributed by atoms with Crippen LogP contribution in [0.25, 0.3) is 0 Å². The van der Waals surface area contributed by atoms with E-state index in [1.807, 2.05) is 13.8 Å². The Morgan fingerprint density at radius 2 is 1.75 bits per heavy atom. The zero-order valence-electron chi connectivity index (χ0n) is 11.9. The summed E-state index contributed by atoms with van der Waals surface area (Å²) < 4.78 is 31.7. The molecule has 110 valence electrons. The third kappa shape index (κ3) is 3.78. The monoisotopic (exact) mass is 282 g/mol. The molecule has 2 nitrogen and oxygen atoms in total. The number of hydrogen-bond acceptors (Lipinski definition) is 2. The SMILES string of the molecule is CC(C)Oc1ccc(C(=O)C2CCC(F)(F)CC2)cc1. The van der Waals surface area contributed by atoms with Gasteiger partial charge in [-0.25, -0.2) is 8.78 Å². The van der Waals surface area contributed by atoms with Gasteiger partial charge in [0.05, 0.1) is 6.10 Å². The standard InChI is InChI=1S/C16H20F2O2/c1-11(2)20-14-5-3-12(4-6-14)15(19)13-7-9-16(17,18)10-8-13/h3-6,11,13H,7-10H2,1-2H3. The van der Waals surface area contributed by atoms with E-state index in [4.69, 9.17) is 4.74 Å². The van der Waals surface area contributed by atoms with Gasteiger partial charge >= 0.3 is 0 Å². The van der Waals surface area contributed by atoms with Crippen LogP contribution in [-0.2, 0) is 0 Å². The van der Waals surface area contributed by atoms with Gasteiger partial charge in [-0.3, -0.25) is 4.79 Å². The molecular formula is C16H20F2O2. The fourth-order valence-electron chi connectivity index (χ4n) is 2.51. The topological polar surface area (TPSA) is 26.3 Å². The van der Waals surface area contributed by atoms with Crippen LogP contribution in [0.3, 0.4) is 0 Å². The summed E-state index contributed by atoms with van der Waals surface area (Å²) in [5, 5.41) is 0. The van der Waals surface area contributed by atoms with Crippen LogP contribution >= 0.6 is 0 Å². The number of hydrogen-bond donors (Lipinski definition) is 0. The van der Waals surface area contributed by atoms with Gasteiger partial charge in [-0.15, -0.1) is 0 Å². The van der Waals surface area contributed by atoms with Crippen LogP contribution in [0, 0.1) is 5.92 Å². The van der Waals surface area contributed by atoms with Crippen molar-refractivity contribution in [1.29, 1.82) is 0 Å². The highest BCUT2D eigenvalue weighted by Crippen LogP contribution is 2.37. The number of alkyl halides is 2. The Bertz CT molecular complexity index is 456. The predicted octanol–water partition coefficient (Wildman–Crippen LogP) is 4.48. The lowest BCUT2D eigenvalue weighted by molar-refractivity contribution is -0.0424. The van der Waals surface area contributed by atoms with Crippen molar-refractivity contribution in [2.24, 2.45) is 5.92 Å². The van der Waals surface area contributed by atoms with Crippen LogP contribution in [-0.4, -0.2) is 17.8 Å². The molecule has 1 saturated carbocycles. The Hall–Kier alpha value is -1.45. The van der Waals surface area contributed by atoms with Crippen LogP contribution in [0.2, 0.25) is 0 Å². The molecule has 0 atom stereocenters. The minimum absolute atomic E-state index is 0.0309. The molecule has 20 heavy (non-hydrogen) atoms. The summed E-state index contributed by atoms with van der Waals surface area (Å²) in [6.45, 7) is 3.86. The maximum Gasteiger partial charge on any atom is 0.248 e. The molecule has 0 bridgehead atoms. The van der Waals surface area contributed by atoms with Crippen molar-refractivity contribution in [3.8, 4) is 5.75 Å². The molecule has 0 saturated heterocycles. The van der Waals surface area contributed by atoms with Crippen molar-refractivity contribution in [3.05, 3.63) is 29.8 Å². The van der Waals surface area contributed by atoms with Crippen LogP contribution in [0.5, 0.6) is 5.75 Å². The Morgan fingerprint density at radius 3 is 2.25 bits per heavy atom. The first-order valence-corrected chi connectivity index (χ1v) is 7.06. The second-order valence-electron chi connectivity index (χ2n) is 5.69. The second kappa shape index (κ2) is 5.90. The minimum Gasteiger partial charge on any atom is -0.491 e. The Balaban J connectivity index is 1.99. The fraction of sp³-hybridized carbons (Fsp3) is 0.562. The highest BCUT2D eigenvalue weighted by molar-refractivity contribution is 5.98. The molecule has 1 aromatic carbocycles. The summed E-state index contributed by atoms with van der Waals surface area (Å²) in [6.07, 6.45) is 0.263. The minimum atomic E-state index is -2.59. The fourth-order valence-corrected chi connectivity index (χ4v) is 2.51. The summed E-state index contributed by atoms with van der Waals surface area (Å²) in [7, 11) is 0. The van der Waals surface area contributed by atoms with E-state index in [1.165, 1.54) is 0 Å². The van der Waals surface area contributed by atoms with Crippen LogP contribution in [0.1, 0.15) is 49.9 Å². The third-order valence-corrected chi connectivity index (χ3v) is 3.60. The first-order valence-electron chi connectivity index (χ1n) is 7.06. The second-order valence-corrected chi connectivity index (χ2v) is 5.69. The Morgan fingerprint density at radius 1 is 1.20 bits per heavy atom. The summed E-state index contributed by atoms with van der Waals surface area (Å²) >= 11 is 0. The maximum atomic E-state index is 13.1. The smallest absolute Gasteiger partial charge is 0.248 e. The molecule has 0 spiro atoms. The number of ether oxygens (including phenoxy) is 1. The molecule has 1 aliphatic rings. The largest absolute Gasteiger partial charge is 0.491 e. The van der Waals surface area contributed by atoms with Crippen molar-refractivity contribution in [1.82, 2.24) is 0 Å². The first-order chi connectivity index (χ1) is 9.37. The van der Waals surface area contributed by atoms with Crippen molar-refractivity contribution in [2.45, 2.75) is 51.6 Å². The lowest BCUT2D eigenvalue weighted by Gasteiger charge is -2.27. The van der Waals surface area contributed by atoms with Crippen molar-refractivity contribution < 1.29 is 18.3 Å². The molecule has 0 aromatic heterocycles. The number of carbonyl (C=O) groups excluding carboxylic acids is 1. The molecule has 4 heteroatoms. The van der Waals surface area contributed by atoms with Gasteiger partial charge in [-0.05, 0) is 51.0 Å². The number of benzene rings is 1. The normalized spacial score (nSPS) is 19.1. The van der Waals surface area contributed by atoms with Crippen molar-refractivity contribution >= 4 is 5.78 Å². The number of rotatable bonds is 4. The molecule has 0 heterocycles. The van der Waals surface area contributed by atoms with E-state index in [-0.39, 0.29) is 43.5 Å². The maximum absolute atomic E-state index is 13.1. The van der Waals surface area contributed by atoms with Crippen molar-refractivity contribution in [2.75, 3.05) is 0 Å². The predicted molar refractivity (Wildman–Crippen MR) is 73.4 cm³/mol. The van der Waals surface area contributed by atoms with E-state index >= 15 is 0 Å². The zero-order valence-corrected chi connectivity index (χ0v) is 11.9. The highest BCUT2D eigenvalue weighted by Gasteiger charge is 2.37. The Kier molecular flexibility index (Phi) is 4.41. The van der Waals surface area contributed by atoms with E-state index in [0.717, 1.165) is 0 Å². The average Bonchev–Trinajstić information content (AvgIpc) is 2.38. The summed E-state index contributed by atoms with van der Waals surface area (Å²) in [5.74, 6) is -2.18. The van der Waals surface area contributed by atoms with E-state index in [1.54, 1.807) is 24.3 Å². The van der Waals surface area contributed by atoms with Gasteiger partial charge < -0.3 is 4.74 Å². The summed E-state index contributed by atoms with van der Waals surface area (Å²) in [4.78, 5) is 12.3. The van der Waals surface area contributed by atoms with Crippen LogP contribution in [0.4, 0.5) is 8.78 Å². The third-order valence-electron chi connectivity index (χ3n) is 3.60. The van der Waals surface area contributed by atoms with Crippen molar-refractivity contribution in [3.63, 3.8) is 0 Å². The van der Waals surface area contributed by atoms with E-state index in [9.17, 15) is 13.6 Å². The molecule has 0 aliphatic heterocycles. The molecule has 0 radical (unpaired) electrons. The quantitative estimate of drug-likeness (QED) is 0.761. The van der Waals surface area contributed by atoms with Gasteiger partial charge in [0.2, 0.25) is 5.92 Å². The molecule has 1 aromatic rings. The van der Waals surface area contributed by atoms with Gasteiger partial charge in [-0.1, -0.05) is 0 Å². The molecule has 0 N–H and O–H groups in total. The molecule has 0 amide bonds. The van der Waals surface area contributed by atoms with Gasteiger partial charge in [-0.2, -0.15) is 0 Å². The lowest BCUT2D eigenvalue weighted by atomic mass is 9.82. The number of carbonyl (C=O) groups is 1. The van der Waals surface area contributed by atoms with Gasteiger partial charge in [0.1, 0.15) is 5.75 Å². The molecule has 0 unspecified atom stereocenters. The van der Waals surface area contributed by atoms with E-state index in [2.05, 4.69) is 0 Å². The lowest BCUT2D eigenvalue weighted by Crippen LogP contribution is -2.28. The first kappa shape index (κ1) is 14.9. The van der Waals surface area contributed by atoms with Gasteiger partial charge in [0.15, 0.2) is 5.78 Å². The molecule has 1 fully saturated rings. The van der Waals surface area contributed by atoms with Gasteiger partial charge in [0.25, 0.3) is 0 Å². The van der Waals surface area contributed by atoms with Crippen LogP contribution in [0.15, 0.2) is 24.3 Å². The summed E-state index contributed by atoms with van der Waals surface area (Å²) in [5.41, 5.74) is 0.580. The highest BCUT2D eigenvalue weighted by atomic mass is 19.3. The van der Waals surface area contributed by atoms with Crippen LogP contribution < -0.4 is 4.74 Å². The van der Waals surface area contributed by atoms with E-state index in [0.29, 0.717) is 11.3 Å². The van der Waals surface area contributed by atoms with Gasteiger partial charge in [0, 0.05) is 24.3 Å². The molecule has 1 aliphatic carbocycles. The Labute approximate surface area is 118 Å².